The summed E-state index contributed by atoms with van der Waals surface area (Å²) in [6, 6.07) is 62.5. The van der Waals surface area contributed by atoms with Crippen LogP contribution in [0, 0.1) is 0 Å². The molecule has 0 spiro atoms. The summed E-state index contributed by atoms with van der Waals surface area (Å²) < 4.78 is 15.9. The molecular weight excluding hydrogens is 701 g/mol. The standard InChI is InChI=1S/C51H30N4O2/c1-3-15-31(16-4-1)49-52-50(32-17-5-2-6-18-32)54-51(53-49)39-24-14-28-44-46(39)47-42(55-40-25-10-7-19-35(40)36-20-8-11-26-41(36)55)29-33(30-45(47)56-44)34-22-13-23-38-37-21-9-12-27-43(37)57-48(34)38/h1-30H. The monoisotopic (exact) mass is 730 g/mol. The van der Waals surface area contributed by atoms with Gasteiger partial charge in [-0.2, -0.15) is 0 Å². The summed E-state index contributed by atoms with van der Waals surface area (Å²) in [7, 11) is 0. The number of hydrogen-bond acceptors (Lipinski definition) is 5. The van der Waals surface area contributed by atoms with E-state index in [0.29, 0.717) is 17.5 Å². The zero-order valence-corrected chi connectivity index (χ0v) is 30.4. The summed E-state index contributed by atoms with van der Waals surface area (Å²) in [6.07, 6.45) is 0. The lowest BCUT2D eigenvalue weighted by atomic mass is 9.98. The minimum atomic E-state index is 0.570. The molecule has 8 aromatic carbocycles. The Balaban J connectivity index is 1.20. The number of aromatic nitrogens is 4. The second-order valence-corrected chi connectivity index (χ2v) is 14.3. The minimum absolute atomic E-state index is 0.570. The molecule has 0 saturated heterocycles. The van der Waals surface area contributed by atoms with Crippen molar-refractivity contribution in [2.45, 2.75) is 0 Å². The SMILES string of the molecule is c1ccc(-c2nc(-c3ccccc3)nc(-c3cccc4oc5cc(-c6cccc7c6oc6ccccc67)cc(-n6c7ccccc7c7ccccc76)c5c34)n2)cc1. The van der Waals surface area contributed by atoms with Crippen LogP contribution in [0.2, 0.25) is 0 Å². The molecule has 6 nitrogen and oxygen atoms in total. The Hall–Kier alpha value is -7.83. The summed E-state index contributed by atoms with van der Waals surface area (Å²) in [4.78, 5) is 15.3. The zero-order valence-electron chi connectivity index (χ0n) is 30.4. The molecule has 0 radical (unpaired) electrons. The van der Waals surface area contributed by atoms with Gasteiger partial charge in [-0.05, 0) is 42.0 Å². The number of nitrogens with zero attached hydrogens (tertiary/aromatic N) is 4. The maximum Gasteiger partial charge on any atom is 0.164 e. The first-order valence-corrected chi connectivity index (χ1v) is 19.0. The number of benzene rings is 8. The second-order valence-electron chi connectivity index (χ2n) is 14.3. The predicted molar refractivity (Wildman–Crippen MR) is 230 cm³/mol. The third kappa shape index (κ3) is 4.87. The van der Waals surface area contributed by atoms with Crippen molar-refractivity contribution in [3.63, 3.8) is 0 Å². The number of fused-ring (bicyclic) bond motifs is 9. The van der Waals surface area contributed by atoms with Gasteiger partial charge < -0.3 is 13.4 Å². The molecule has 0 atom stereocenters. The maximum atomic E-state index is 6.93. The molecular formula is C51H30N4O2. The van der Waals surface area contributed by atoms with Crippen LogP contribution in [0.25, 0.3) is 117 Å². The topological polar surface area (TPSA) is 69.9 Å². The predicted octanol–water partition coefficient (Wildman–Crippen LogP) is 13.4. The first-order valence-electron chi connectivity index (χ1n) is 19.0. The van der Waals surface area contributed by atoms with Crippen molar-refractivity contribution in [2.75, 3.05) is 0 Å². The molecule has 12 aromatic rings. The Morgan fingerprint density at radius 3 is 1.60 bits per heavy atom. The summed E-state index contributed by atoms with van der Waals surface area (Å²) in [5.41, 5.74) is 11.1. The average Bonchev–Trinajstić information content (AvgIpc) is 3.96. The van der Waals surface area contributed by atoms with E-state index >= 15 is 0 Å². The highest BCUT2D eigenvalue weighted by Crippen LogP contribution is 2.45. The lowest BCUT2D eigenvalue weighted by Crippen LogP contribution is -2.00. The van der Waals surface area contributed by atoms with Crippen LogP contribution in [0.3, 0.4) is 0 Å². The Labute approximate surface area is 325 Å². The normalized spacial score (nSPS) is 11.9. The number of hydrogen-bond donors (Lipinski definition) is 0. The van der Waals surface area contributed by atoms with Gasteiger partial charge in [-0.1, -0.05) is 146 Å². The fraction of sp³-hybridized carbons (Fsp3) is 0. The highest BCUT2D eigenvalue weighted by atomic mass is 16.3. The molecule has 0 bridgehead atoms. The Bertz CT molecular complexity index is 3410. The van der Waals surface area contributed by atoms with E-state index in [4.69, 9.17) is 23.8 Å². The molecule has 266 valence electrons. The van der Waals surface area contributed by atoms with E-state index in [1.807, 2.05) is 84.9 Å². The van der Waals surface area contributed by atoms with Crippen LogP contribution >= 0.6 is 0 Å². The first-order chi connectivity index (χ1) is 28.3. The van der Waals surface area contributed by atoms with Gasteiger partial charge in [0.25, 0.3) is 0 Å². The van der Waals surface area contributed by atoms with Crippen LogP contribution in [0.1, 0.15) is 0 Å². The number of rotatable bonds is 5. The van der Waals surface area contributed by atoms with E-state index in [2.05, 4.69) is 102 Å². The summed E-state index contributed by atoms with van der Waals surface area (Å²) in [5.74, 6) is 1.78. The Morgan fingerprint density at radius 1 is 0.351 bits per heavy atom. The summed E-state index contributed by atoms with van der Waals surface area (Å²) in [6.45, 7) is 0. The molecule has 0 aliphatic heterocycles. The lowest BCUT2D eigenvalue weighted by Gasteiger charge is -2.14. The molecule has 0 unspecified atom stereocenters. The van der Waals surface area contributed by atoms with Crippen LogP contribution in [0.4, 0.5) is 0 Å². The van der Waals surface area contributed by atoms with Gasteiger partial charge in [-0.25, -0.2) is 15.0 Å². The highest BCUT2D eigenvalue weighted by Gasteiger charge is 2.24. The molecule has 4 heterocycles. The largest absolute Gasteiger partial charge is 0.456 e. The molecule has 0 amide bonds. The Morgan fingerprint density at radius 2 is 0.895 bits per heavy atom. The number of furan rings is 2. The molecule has 0 aliphatic carbocycles. The number of para-hydroxylation sites is 4. The highest BCUT2D eigenvalue weighted by molar-refractivity contribution is 6.19. The smallest absolute Gasteiger partial charge is 0.164 e. The van der Waals surface area contributed by atoms with E-state index in [9.17, 15) is 0 Å². The van der Waals surface area contributed by atoms with Crippen molar-refractivity contribution >= 4 is 65.7 Å². The fourth-order valence-corrected chi connectivity index (χ4v) is 8.53. The van der Waals surface area contributed by atoms with Crippen molar-refractivity contribution in [3.8, 4) is 51.0 Å². The molecule has 12 rings (SSSR count). The van der Waals surface area contributed by atoms with Crippen molar-refractivity contribution < 1.29 is 8.83 Å². The van der Waals surface area contributed by atoms with Crippen molar-refractivity contribution in [2.24, 2.45) is 0 Å². The van der Waals surface area contributed by atoms with Gasteiger partial charge >= 0.3 is 0 Å². The molecule has 0 aliphatic rings. The van der Waals surface area contributed by atoms with Gasteiger partial charge in [0.05, 0.1) is 22.1 Å². The van der Waals surface area contributed by atoms with Crippen LogP contribution in [0.5, 0.6) is 0 Å². The molecule has 0 saturated carbocycles. The maximum absolute atomic E-state index is 6.93. The molecule has 4 aromatic heterocycles. The Kier molecular flexibility index (Phi) is 6.83. The van der Waals surface area contributed by atoms with Gasteiger partial charge in [0.1, 0.15) is 22.3 Å². The van der Waals surface area contributed by atoms with Gasteiger partial charge in [0, 0.05) is 49.2 Å². The van der Waals surface area contributed by atoms with Crippen LogP contribution < -0.4 is 0 Å². The van der Waals surface area contributed by atoms with Crippen LogP contribution in [-0.4, -0.2) is 19.5 Å². The van der Waals surface area contributed by atoms with E-state index < -0.39 is 0 Å². The van der Waals surface area contributed by atoms with Crippen LogP contribution in [0.15, 0.2) is 191 Å². The quantitative estimate of drug-likeness (QED) is 0.176. The second kappa shape index (κ2) is 12.3. The van der Waals surface area contributed by atoms with Gasteiger partial charge in [0.2, 0.25) is 0 Å². The van der Waals surface area contributed by atoms with Crippen molar-refractivity contribution in [1.29, 1.82) is 0 Å². The summed E-state index contributed by atoms with van der Waals surface area (Å²) >= 11 is 0. The summed E-state index contributed by atoms with van der Waals surface area (Å²) in [5, 5.41) is 6.42. The van der Waals surface area contributed by atoms with E-state index in [1.165, 1.54) is 10.8 Å². The third-order valence-corrected chi connectivity index (χ3v) is 11.1. The van der Waals surface area contributed by atoms with Crippen molar-refractivity contribution in [3.05, 3.63) is 182 Å². The molecule has 6 heteroatoms. The van der Waals surface area contributed by atoms with Crippen LogP contribution in [-0.2, 0) is 0 Å². The fourth-order valence-electron chi connectivity index (χ4n) is 8.53. The van der Waals surface area contributed by atoms with Crippen molar-refractivity contribution in [1.82, 2.24) is 19.5 Å². The average molecular weight is 731 g/mol. The lowest BCUT2D eigenvalue weighted by molar-refractivity contribution is 0.668. The first kappa shape index (κ1) is 31.5. The van der Waals surface area contributed by atoms with E-state index in [1.54, 1.807) is 0 Å². The van der Waals surface area contributed by atoms with Gasteiger partial charge in [-0.15, -0.1) is 0 Å². The third-order valence-electron chi connectivity index (χ3n) is 11.1. The zero-order chi connectivity index (χ0) is 37.5. The minimum Gasteiger partial charge on any atom is -0.456 e. The molecule has 0 N–H and O–H groups in total. The van der Waals surface area contributed by atoms with E-state index in [0.717, 1.165) is 88.4 Å². The van der Waals surface area contributed by atoms with E-state index in [-0.39, 0.29) is 0 Å². The molecule has 57 heavy (non-hydrogen) atoms. The molecule has 0 fully saturated rings. The van der Waals surface area contributed by atoms with Gasteiger partial charge in [-0.3, -0.25) is 0 Å². The van der Waals surface area contributed by atoms with Gasteiger partial charge in [0.15, 0.2) is 17.5 Å².